The second-order valence-corrected chi connectivity index (χ2v) is 7.19. The second-order valence-electron chi connectivity index (χ2n) is 7.19. The van der Waals surface area contributed by atoms with E-state index >= 15 is 0 Å². The van der Waals surface area contributed by atoms with Crippen LogP contribution in [0, 0.1) is 5.41 Å². The van der Waals surface area contributed by atoms with Gasteiger partial charge >= 0.3 is 6.29 Å². The fourth-order valence-electron chi connectivity index (χ4n) is 3.77. The Morgan fingerprint density at radius 2 is 2.03 bits per heavy atom. The van der Waals surface area contributed by atoms with Crippen molar-refractivity contribution in [2.45, 2.75) is 38.2 Å². The molecule has 3 rings (SSSR count). The van der Waals surface area contributed by atoms with E-state index in [0.717, 1.165) is 12.0 Å². The molecule has 0 amide bonds. The summed E-state index contributed by atoms with van der Waals surface area (Å²) < 4.78 is 40.3. The van der Waals surface area contributed by atoms with E-state index < -0.39 is 17.8 Å². The Bertz CT molecular complexity index is 676. The van der Waals surface area contributed by atoms with Crippen LogP contribution in [0.1, 0.15) is 24.8 Å². The van der Waals surface area contributed by atoms with Crippen LogP contribution in [0.3, 0.4) is 0 Å². The first kappa shape index (κ1) is 23.3. The molecular formula is C19H27F2NO7. The first-order chi connectivity index (χ1) is 13.8. The van der Waals surface area contributed by atoms with Crippen LogP contribution < -0.4 is 9.47 Å². The number of hydrogen-bond acceptors (Lipinski definition) is 7. The van der Waals surface area contributed by atoms with Crippen molar-refractivity contribution in [1.82, 2.24) is 4.90 Å². The Balaban J connectivity index is 0.000000941. The minimum atomic E-state index is -3.62. The number of carbonyl (C=O) groups is 1. The van der Waals surface area contributed by atoms with Gasteiger partial charge in [0, 0.05) is 38.8 Å². The maximum Gasteiger partial charge on any atom is 0.586 e. The summed E-state index contributed by atoms with van der Waals surface area (Å²) in [6.07, 6.45) is -2.24. The van der Waals surface area contributed by atoms with Gasteiger partial charge in [-0.2, -0.15) is 0 Å². The van der Waals surface area contributed by atoms with Gasteiger partial charge in [0.2, 0.25) is 0 Å². The number of carboxylic acid groups (broad SMARTS) is 1. The number of hydrogen-bond donors (Lipinski definition) is 3. The molecule has 1 saturated heterocycles. The lowest BCUT2D eigenvalue weighted by Crippen LogP contribution is -2.53. The zero-order chi connectivity index (χ0) is 21.5. The van der Waals surface area contributed by atoms with Crippen molar-refractivity contribution in [2.75, 3.05) is 33.4 Å². The van der Waals surface area contributed by atoms with E-state index in [2.05, 4.69) is 14.4 Å². The molecular weight excluding hydrogens is 392 g/mol. The Hall–Kier alpha value is -2.01. The quantitative estimate of drug-likeness (QED) is 0.453. The third kappa shape index (κ3) is 5.99. The van der Waals surface area contributed by atoms with Gasteiger partial charge in [-0.1, -0.05) is 6.07 Å². The molecule has 2 aliphatic rings. The van der Waals surface area contributed by atoms with E-state index in [1.165, 1.54) is 6.07 Å². The fraction of sp³-hybridized carbons (Fsp3) is 0.632. The van der Waals surface area contributed by atoms with E-state index in [1.807, 2.05) is 0 Å². The highest BCUT2D eigenvalue weighted by Crippen LogP contribution is 2.42. The number of likely N-dealkylation sites (tertiary alicyclic amines) is 1. The van der Waals surface area contributed by atoms with Crippen LogP contribution in [0.4, 0.5) is 8.78 Å². The molecule has 0 aliphatic carbocycles. The molecule has 3 N–H and O–H groups in total. The highest BCUT2D eigenvalue weighted by molar-refractivity contribution is 5.45. The number of methoxy groups -OCH3 is 1. The van der Waals surface area contributed by atoms with Crippen molar-refractivity contribution in [3.05, 3.63) is 23.8 Å². The number of rotatable bonds is 7. The number of fused-ring (bicyclic) bond motifs is 1. The van der Waals surface area contributed by atoms with Gasteiger partial charge < -0.3 is 29.5 Å². The standard InChI is InChI=1S/C18H25F2NO5.CH2O2/c1-24-8-2-6-17(12-22)11-21(7-5-16(17)23)10-13-3-4-14-15(9-13)26-18(19,20)25-14;2-1-3/h3-4,9,16,22-23H,2,5-8,10-12H2,1H3;1H,(H,2,3)/t16-,17+;/m1./s1. The smallest absolute Gasteiger partial charge is 0.483 e. The normalized spacial score (nSPS) is 25.2. The molecule has 2 aliphatic heterocycles. The molecule has 2 atom stereocenters. The predicted octanol–water partition coefficient (Wildman–Crippen LogP) is 1.68. The molecule has 0 aromatic heterocycles. The second kappa shape index (κ2) is 10.1. The Labute approximate surface area is 167 Å². The van der Waals surface area contributed by atoms with E-state index in [-0.39, 0.29) is 24.6 Å². The molecule has 0 unspecified atom stereocenters. The molecule has 2 heterocycles. The topological polar surface area (TPSA) is 109 Å². The SMILES string of the molecule is COCCC[C@@]1(CO)CN(Cc2ccc3c(c2)OC(F)(F)O3)CC[C@H]1O.O=CO. The Morgan fingerprint density at radius 1 is 1.34 bits per heavy atom. The zero-order valence-corrected chi connectivity index (χ0v) is 16.2. The number of nitrogens with zero attached hydrogens (tertiary/aromatic N) is 1. The van der Waals surface area contributed by atoms with Gasteiger partial charge in [-0.25, -0.2) is 0 Å². The van der Waals surface area contributed by atoms with Gasteiger partial charge in [0.1, 0.15) is 0 Å². The molecule has 1 aromatic rings. The highest BCUT2D eigenvalue weighted by Gasteiger charge is 2.44. The lowest BCUT2D eigenvalue weighted by atomic mass is 9.74. The van der Waals surface area contributed by atoms with Crippen LogP contribution >= 0.6 is 0 Å². The highest BCUT2D eigenvalue weighted by atomic mass is 19.3. The Kier molecular flexibility index (Phi) is 8.14. The van der Waals surface area contributed by atoms with E-state index in [4.69, 9.17) is 14.6 Å². The van der Waals surface area contributed by atoms with Gasteiger partial charge in [-0.05, 0) is 37.0 Å². The number of ether oxygens (including phenoxy) is 3. The summed E-state index contributed by atoms with van der Waals surface area (Å²) >= 11 is 0. The van der Waals surface area contributed by atoms with Crippen LogP contribution in [0.25, 0.3) is 0 Å². The lowest BCUT2D eigenvalue weighted by Gasteiger charge is -2.45. The first-order valence-electron chi connectivity index (χ1n) is 9.26. The number of aliphatic hydroxyl groups excluding tert-OH is 2. The molecule has 0 saturated carbocycles. The third-order valence-electron chi connectivity index (χ3n) is 5.17. The van der Waals surface area contributed by atoms with Crippen molar-refractivity contribution >= 4 is 6.47 Å². The van der Waals surface area contributed by atoms with Crippen LogP contribution in [0.15, 0.2) is 18.2 Å². The lowest BCUT2D eigenvalue weighted by molar-refractivity contribution is -0.286. The summed E-state index contributed by atoms with van der Waals surface area (Å²) in [6.45, 7) is 1.92. The molecule has 10 heteroatoms. The molecule has 0 radical (unpaired) electrons. The number of halogens is 2. The molecule has 0 spiro atoms. The molecule has 0 bridgehead atoms. The van der Waals surface area contributed by atoms with Gasteiger partial charge in [0.25, 0.3) is 6.47 Å². The molecule has 29 heavy (non-hydrogen) atoms. The first-order valence-corrected chi connectivity index (χ1v) is 9.26. The largest absolute Gasteiger partial charge is 0.586 e. The predicted molar refractivity (Wildman–Crippen MR) is 97.9 cm³/mol. The summed E-state index contributed by atoms with van der Waals surface area (Å²) in [6, 6.07) is 4.75. The summed E-state index contributed by atoms with van der Waals surface area (Å²) in [5.41, 5.74) is 0.213. The van der Waals surface area contributed by atoms with Crippen LogP contribution in [0.2, 0.25) is 0 Å². The summed E-state index contributed by atoms with van der Waals surface area (Å²) in [7, 11) is 1.62. The van der Waals surface area contributed by atoms with Crippen LogP contribution in [-0.4, -0.2) is 72.5 Å². The average Bonchev–Trinajstić information content (AvgIpc) is 2.98. The average molecular weight is 419 g/mol. The number of piperidine rings is 1. The third-order valence-corrected chi connectivity index (χ3v) is 5.17. The van der Waals surface area contributed by atoms with Gasteiger partial charge in [-0.15, -0.1) is 8.78 Å². The molecule has 1 aromatic carbocycles. The van der Waals surface area contributed by atoms with Crippen LogP contribution in [0.5, 0.6) is 11.5 Å². The van der Waals surface area contributed by atoms with Crippen molar-refractivity contribution in [1.29, 1.82) is 0 Å². The minimum absolute atomic E-state index is 0.0251. The zero-order valence-electron chi connectivity index (χ0n) is 16.2. The van der Waals surface area contributed by atoms with E-state index in [1.54, 1.807) is 19.2 Å². The van der Waals surface area contributed by atoms with Crippen molar-refractivity contribution in [3.63, 3.8) is 0 Å². The van der Waals surface area contributed by atoms with E-state index in [9.17, 15) is 19.0 Å². The van der Waals surface area contributed by atoms with Crippen molar-refractivity contribution in [2.24, 2.45) is 5.41 Å². The summed E-state index contributed by atoms with van der Waals surface area (Å²) in [4.78, 5) is 10.5. The van der Waals surface area contributed by atoms with Gasteiger partial charge in [0.05, 0.1) is 12.7 Å². The maximum atomic E-state index is 13.1. The van der Waals surface area contributed by atoms with Crippen molar-refractivity contribution in [3.8, 4) is 11.5 Å². The van der Waals surface area contributed by atoms with Gasteiger partial charge in [-0.3, -0.25) is 9.69 Å². The summed E-state index contributed by atoms with van der Waals surface area (Å²) in [5, 5.41) is 27.3. The number of benzene rings is 1. The molecule has 164 valence electrons. The van der Waals surface area contributed by atoms with Crippen molar-refractivity contribution < 1.29 is 43.1 Å². The fourth-order valence-corrected chi connectivity index (χ4v) is 3.77. The Morgan fingerprint density at radius 3 is 2.69 bits per heavy atom. The molecule has 8 nitrogen and oxygen atoms in total. The van der Waals surface area contributed by atoms with E-state index in [0.29, 0.717) is 39.1 Å². The molecule has 1 fully saturated rings. The monoisotopic (exact) mass is 419 g/mol. The minimum Gasteiger partial charge on any atom is -0.483 e. The number of aliphatic hydroxyl groups is 2. The maximum absolute atomic E-state index is 13.1. The van der Waals surface area contributed by atoms with Crippen LogP contribution in [-0.2, 0) is 16.1 Å². The van der Waals surface area contributed by atoms with Gasteiger partial charge in [0.15, 0.2) is 11.5 Å². The number of alkyl halides is 2. The summed E-state index contributed by atoms with van der Waals surface area (Å²) in [5.74, 6) is 0.0511.